The average Bonchev–Trinajstić information content (AvgIpc) is 2.26. The van der Waals surface area contributed by atoms with Gasteiger partial charge in [0.05, 0.1) is 30.8 Å². The second kappa shape index (κ2) is 4.72. The number of benzene rings is 1. The predicted octanol–water partition coefficient (Wildman–Crippen LogP) is 0.588. The summed E-state index contributed by atoms with van der Waals surface area (Å²) in [4.78, 5) is 10.1. The van der Waals surface area contributed by atoms with Crippen LogP contribution in [0.2, 0.25) is 0 Å². The van der Waals surface area contributed by atoms with Crippen molar-refractivity contribution in [2.24, 2.45) is 0 Å². The molecule has 15 heavy (non-hydrogen) atoms. The van der Waals surface area contributed by atoms with Crippen molar-refractivity contribution in [3.63, 3.8) is 0 Å². The van der Waals surface area contributed by atoms with E-state index < -0.39 is 11.5 Å². The van der Waals surface area contributed by atoms with E-state index >= 15 is 0 Å². The highest BCUT2D eigenvalue weighted by Crippen LogP contribution is 2.32. The highest BCUT2D eigenvalue weighted by Gasteiger charge is 2.21. The Morgan fingerprint density at radius 1 is 1.40 bits per heavy atom. The van der Waals surface area contributed by atoms with E-state index in [2.05, 4.69) is 0 Å². The fourth-order valence-electron chi connectivity index (χ4n) is 1.30. The lowest BCUT2D eigenvalue weighted by Crippen LogP contribution is -2.01. The molecule has 1 rings (SSSR count). The first-order valence-electron chi connectivity index (χ1n) is 4.20. The Hall–Kier alpha value is -1.66. The summed E-state index contributed by atoms with van der Waals surface area (Å²) in [6, 6.07) is 2.75. The first-order chi connectivity index (χ1) is 7.13. The van der Waals surface area contributed by atoms with Gasteiger partial charge in [0.25, 0.3) is 0 Å². The number of nitrogens with zero attached hydrogens (tertiary/aromatic N) is 1. The van der Waals surface area contributed by atoms with E-state index in [0.717, 1.165) is 0 Å². The molecule has 1 aromatic carbocycles. The molecular formula is C9H11NO5. The highest BCUT2D eigenvalue weighted by molar-refractivity contribution is 5.54. The van der Waals surface area contributed by atoms with Gasteiger partial charge in [0, 0.05) is 0 Å². The molecule has 0 aliphatic rings. The van der Waals surface area contributed by atoms with E-state index in [1.807, 2.05) is 0 Å². The van der Waals surface area contributed by atoms with Crippen molar-refractivity contribution in [3.05, 3.63) is 33.4 Å². The van der Waals surface area contributed by atoms with Crippen LogP contribution in [0.4, 0.5) is 5.69 Å². The molecule has 0 aliphatic heterocycles. The minimum Gasteiger partial charge on any atom is -0.490 e. The lowest BCUT2D eigenvalue weighted by molar-refractivity contribution is -0.386. The lowest BCUT2D eigenvalue weighted by Gasteiger charge is -2.07. The monoisotopic (exact) mass is 213 g/mol. The van der Waals surface area contributed by atoms with Crippen molar-refractivity contribution < 1.29 is 19.9 Å². The molecule has 0 radical (unpaired) electrons. The van der Waals surface area contributed by atoms with E-state index in [9.17, 15) is 10.1 Å². The van der Waals surface area contributed by atoms with Gasteiger partial charge in [-0.15, -0.1) is 0 Å². The van der Waals surface area contributed by atoms with Gasteiger partial charge < -0.3 is 14.9 Å². The van der Waals surface area contributed by atoms with E-state index in [1.165, 1.54) is 19.2 Å². The van der Waals surface area contributed by atoms with Crippen LogP contribution < -0.4 is 4.74 Å². The maximum Gasteiger partial charge on any atom is 0.316 e. The molecule has 2 N–H and O–H groups in total. The molecule has 0 saturated heterocycles. The minimum atomic E-state index is -0.620. The summed E-state index contributed by atoms with van der Waals surface area (Å²) >= 11 is 0. The molecular weight excluding hydrogens is 202 g/mol. The number of nitro groups is 1. The number of methoxy groups -OCH3 is 1. The van der Waals surface area contributed by atoms with Crippen molar-refractivity contribution >= 4 is 5.69 Å². The Kier molecular flexibility index (Phi) is 3.59. The van der Waals surface area contributed by atoms with Crippen molar-refractivity contribution in [1.29, 1.82) is 0 Å². The van der Waals surface area contributed by atoms with Crippen molar-refractivity contribution in [1.82, 2.24) is 0 Å². The third-order valence-electron chi connectivity index (χ3n) is 1.97. The van der Waals surface area contributed by atoms with Gasteiger partial charge in [-0.25, -0.2) is 0 Å². The van der Waals surface area contributed by atoms with Crippen LogP contribution in [-0.4, -0.2) is 22.2 Å². The van der Waals surface area contributed by atoms with Gasteiger partial charge in [0.2, 0.25) is 0 Å². The number of ether oxygens (including phenoxy) is 1. The van der Waals surface area contributed by atoms with E-state index in [1.54, 1.807) is 0 Å². The van der Waals surface area contributed by atoms with Gasteiger partial charge in [0.15, 0.2) is 5.75 Å². The maximum atomic E-state index is 10.7. The Morgan fingerprint density at radius 3 is 2.47 bits per heavy atom. The van der Waals surface area contributed by atoms with Crippen molar-refractivity contribution in [3.8, 4) is 5.75 Å². The SMILES string of the molecule is COc1cc(CO)cc(CO)c1[N+](=O)[O-]. The molecule has 0 aromatic heterocycles. The summed E-state index contributed by atoms with van der Waals surface area (Å²) < 4.78 is 4.83. The zero-order valence-corrected chi connectivity index (χ0v) is 8.14. The largest absolute Gasteiger partial charge is 0.490 e. The van der Waals surface area contributed by atoms with Crippen LogP contribution in [0, 0.1) is 10.1 Å². The summed E-state index contributed by atoms with van der Waals surface area (Å²) in [5.41, 5.74) is 0.321. The number of aliphatic hydroxyl groups excluding tert-OH is 2. The van der Waals surface area contributed by atoms with Crippen LogP contribution in [0.1, 0.15) is 11.1 Å². The van der Waals surface area contributed by atoms with Crippen LogP contribution in [0.15, 0.2) is 12.1 Å². The Morgan fingerprint density at radius 2 is 2.07 bits per heavy atom. The molecule has 0 heterocycles. The van der Waals surface area contributed by atoms with Crippen LogP contribution in [0.25, 0.3) is 0 Å². The van der Waals surface area contributed by atoms with Crippen LogP contribution in [-0.2, 0) is 13.2 Å². The quantitative estimate of drug-likeness (QED) is 0.564. The first-order valence-corrected chi connectivity index (χ1v) is 4.20. The van der Waals surface area contributed by atoms with Gasteiger partial charge in [-0.1, -0.05) is 0 Å². The topological polar surface area (TPSA) is 92.8 Å². The molecule has 0 fully saturated rings. The number of hydrogen-bond acceptors (Lipinski definition) is 5. The molecule has 6 nitrogen and oxygen atoms in total. The fourth-order valence-corrected chi connectivity index (χ4v) is 1.30. The zero-order chi connectivity index (χ0) is 11.4. The zero-order valence-electron chi connectivity index (χ0n) is 8.14. The molecule has 0 atom stereocenters. The standard InChI is InChI=1S/C9H11NO5/c1-15-8-3-6(4-11)2-7(5-12)9(8)10(13)14/h2-3,11-12H,4-5H2,1H3. The minimum absolute atomic E-state index is 0.0376. The summed E-state index contributed by atoms with van der Waals surface area (Å²) in [5, 5.41) is 28.6. The summed E-state index contributed by atoms with van der Waals surface area (Å²) in [5.74, 6) is 0.0376. The highest BCUT2D eigenvalue weighted by atomic mass is 16.6. The van der Waals surface area contributed by atoms with E-state index in [4.69, 9.17) is 14.9 Å². The van der Waals surface area contributed by atoms with E-state index in [-0.39, 0.29) is 23.6 Å². The summed E-state index contributed by atoms with van der Waals surface area (Å²) in [6.45, 7) is -0.734. The molecule has 0 unspecified atom stereocenters. The van der Waals surface area contributed by atoms with Crippen LogP contribution in [0.3, 0.4) is 0 Å². The molecule has 1 aromatic rings. The molecule has 0 amide bonds. The van der Waals surface area contributed by atoms with Gasteiger partial charge in [-0.2, -0.15) is 0 Å². The summed E-state index contributed by atoms with van der Waals surface area (Å²) in [6.07, 6.45) is 0. The van der Waals surface area contributed by atoms with Crippen molar-refractivity contribution in [2.45, 2.75) is 13.2 Å². The number of rotatable bonds is 4. The van der Waals surface area contributed by atoms with Gasteiger partial charge in [-0.05, 0) is 17.7 Å². The van der Waals surface area contributed by atoms with Gasteiger partial charge >= 0.3 is 5.69 Å². The van der Waals surface area contributed by atoms with Gasteiger partial charge in [-0.3, -0.25) is 10.1 Å². The molecule has 0 aliphatic carbocycles. The predicted molar refractivity (Wildman–Crippen MR) is 51.5 cm³/mol. The molecule has 0 bridgehead atoms. The molecule has 0 spiro atoms. The smallest absolute Gasteiger partial charge is 0.316 e. The first kappa shape index (κ1) is 11.4. The van der Waals surface area contributed by atoms with E-state index in [0.29, 0.717) is 5.56 Å². The van der Waals surface area contributed by atoms with Crippen LogP contribution in [0.5, 0.6) is 5.75 Å². The number of nitro benzene ring substituents is 1. The second-order valence-electron chi connectivity index (χ2n) is 2.88. The summed E-state index contributed by atoms with van der Waals surface area (Å²) in [7, 11) is 1.30. The number of hydrogen-bond donors (Lipinski definition) is 2. The maximum absolute atomic E-state index is 10.7. The number of aliphatic hydroxyl groups is 2. The van der Waals surface area contributed by atoms with Gasteiger partial charge in [0.1, 0.15) is 0 Å². The Balaban J connectivity index is 3.39. The lowest BCUT2D eigenvalue weighted by atomic mass is 10.1. The fraction of sp³-hybridized carbons (Fsp3) is 0.333. The normalized spacial score (nSPS) is 10.1. The third kappa shape index (κ3) is 2.23. The van der Waals surface area contributed by atoms with Crippen LogP contribution >= 0.6 is 0 Å². The Bertz CT molecular complexity index is 352. The molecule has 82 valence electrons. The Labute approximate surface area is 85.9 Å². The molecule has 6 heteroatoms. The average molecular weight is 213 g/mol. The second-order valence-corrected chi connectivity index (χ2v) is 2.88. The molecule has 0 saturated carbocycles. The third-order valence-corrected chi connectivity index (χ3v) is 1.97. The van der Waals surface area contributed by atoms with Crippen molar-refractivity contribution in [2.75, 3.05) is 7.11 Å².